The van der Waals surface area contributed by atoms with Crippen LogP contribution in [0, 0.1) is 0 Å². The van der Waals surface area contributed by atoms with E-state index in [-0.39, 0.29) is 25.0 Å². The number of nitrogens with one attached hydrogen (secondary N) is 2. The molecule has 0 fully saturated rings. The molecule has 0 aliphatic carbocycles. The third kappa shape index (κ3) is 4.91. The van der Waals surface area contributed by atoms with Crippen molar-refractivity contribution in [3.63, 3.8) is 0 Å². The van der Waals surface area contributed by atoms with Crippen molar-refractivity contribution in [1.29, 1.82) is 0 Å². The number of halogens is 2. The number of hydrogen-bond acceptors (Lipinski definition) is 3. The summed E-state index contributed by atoms with van der Waals surface area (Å²) in [5.74, 6) is 0.242. The van der Waals surface area contributed by atoms with Gasteiger partial charge in [-0.2, -0.15) is 0 Å². The monoisotopic (exact) mass is 369 g/mol. The van der Waals surface area contributed by atoms with Crippen molar-refractivity contribution >= 4 is 40.8 Å². The van der Waals surface area contributed by atoms with E-state index >= 15 is 0 Å². The molecule has 0 atom stereocenters. The van der Waals surface area contributed by atoms with Crippen LogP contribution in [0.25, 0.3) is 0 Å². The topological polar surface area (TPSA) is 74.6 Å². The molecule has 2 aromatic rings. The normalized spacial score (nSPS) is 10.3. The fourth-order valence-corrected chi connectivity index (χ4v) is 2.48. The number of likely N-dealkylation sites (N-methyl/N-ethyl adjacent to an activating group) is 1. The predicted molar refractivity (Wildman–Crippen MR) is 93.3 cm³/mol. The molecule has 0 saturated heterocycles. The van der Waals surface area contributed by atoms with Crippen molar-refractivity contribution in [3.8, 4) is 0 Å². The van der Waals surface area contributed by atoms with E-state index in [4.69, 9.17) is 27.6 Å². The number of nitrogens with zero attached hydrogens (tertiary/aromatic N) is 1. The lowest BCUT2D eigenvalue weighted by atomic mass is 10.3. The molecule has 2 N–H and O–H groups in total. The molecule has 0 aliphatic heterocycles. The molecule has 0 bridgehead atoms. The van der Waals surface area contributed by atoms with Crippen LogP contribution >= 0.6 is 23.2 Å². The highest BCUT2D eigenvalue weighted by atomic mass is 35.5. The highest BCUT2D eigenvalue weighted by molar-refractivity contribution is 6.39. The van der Waals surface area contributed by atoms with Crippen LogP contribution in [0.15, 0.2) is 41.0 Å². The van der Waals surface area contributed by atoms with Crippen LogP contribution in [0.5, 0.6) is 0 Å². The summed E-state index contributed by atoms with van der Waals surface area (Å²) in [5, 5.41) is 5.98. The SMILES string of the molecule is CCN(CC(=O)Nc1c(Cl)cccc1Cl)C(=O)NCc1ccco1. The van der Waals surface area contributed by atoms with Gasteiger partial charge in [-0.25, -0.2) is 4.79 Å². The van der Waals surface area contributed by atoms with E-state index in [1.54, 1.807) is 37.3 Å². The Morgan fingerprint density at radius 1 is 1.17 bits per heavy atom. The van der Waals surface area contributed by atoms with Gasteiger partial charge in [-0.3, -0.25) is 4.79 Å². The number of rotatable bonds is 6. The summed E-state index contributed by atoms with van der Waals surface area (Å²) in [6, 6.07) is 8.05. The summed E-state index contributed by atoms with van der Waals surface area (Å²) in [5.41, 5.74) is 0.331. The molecule has 6 nitrogen and oxygen atoms in total. The van der Waals surface area contributed by atoms with Crippen LogP contribution in [-0.2, 0) is 11.3 Å². The average molecular weight is 370 g/mol. The van der Waals surface area contributed by atoms with Crippen LogP contribution < -0.4 is 10.6 Å². The van der Waals surface area contributed by atoms with Gasteiger partial charge in [0, 0.05) is 6.54 Å². The molecule has 1 heterocycles. The van der Waals surface area contributed by atoms with Crippen LogP contribution in [0.3, 0.4) is 0 Å². The van der Waals surface area contributed by atoms with E-state index in [9.17, 15) is 9.59 Å². The maximum absolute atomic E-state index is 12.2. The summed E-state index contributed by atoms with van der Waals surface area (Å²) >= 11 is 12.0. The number of urea groups is 1. The van der Waals surface area contributed by atoms with Crippen LogP contribution in [0.4, 0.5) is 10.5 Å². The minimum Gasteiger partial charge on any atom is -0.467 e. The first kappa shape index (κ1) is 18.2. The van der Waals surface area contributed by atoms with Crippen LogP contribution in [-0.4, -0.2) is 29.9 Å². The lowest BCUT2D eigenvalue weighted by Crippen LogP contribution is -2.43. The summed E-state index contributed by atoms with van der Waals surface area (Å²) in [6.07, 6.45) is 1.53. The molecule has 8 heteroatoms. The number of furan rings is 1. The van der Waals surface area contributed by atoms with Crippen molar-refractivity contribution in [1.82, 2.24) is 10.2 Å². The molecule has 3 amide bonds. The van der Waals surface area contributed by atoms with E-state index < -0.39 is 0 Å². The standard InChI is InChI=1S/C16H17Cl2N3O3/c1-2-21(16(23)19-9-11-5-4-8-24-11)10-14(22)20-15-12(17)6-3-7-13(15)18/h3-8H,2,9-10H2,1H3,(H,19,23)(H,20,22). The second kappa shape index (κ2) is 8.61. The van der Waals surface area contributed by atoms with E-state index in [0.29, 0.717) is 28.0 Å². The highest BCUT2D eigenvalue weighted by Gasteiger charge is 2.17. The predicted octanol–water partition coefficient (Wildman–Crippen LogP) is 3.76. The maximum atomic E-state index is 12.2. The van der Waals surface area contributed by atoms with Gasteiger partial charge >= 0.3 is 6.03 Å². The van der Waals surface area contributed by atoms with Gasteiger partial charge in [0.05, 0.1) is 28.5 Å². The Balaban J connectivity index is 1.91. The molecule has 0 saturated carbocycles. The Morgan fingerprint density at radius 2 is 1.88 bits per heavy atom. The van der Waals surface area contributed by atoms with Gasteiger partial charge in [0.1, 0.15) is 12.3 Å². The van der Waals surface area contributed by atoms with Gasteiger partial charge in [-0.05, 0) is 31.2 Å². The molecular weight excluding hydrogens is 353 g/mol. The van der Waals surface area contributed by atoms with Crippen molar-refractivity contribution in [3.05, 3.63) is 52.4 Å². The number of carbonyl (C=O) groups excluding carboxylic acids is 2. The number of carbonyl (C=O) groups is 2. The minimum atomic E-state index is -0.389. The fourth-order valence-electron chi connectivity index (χ4n) is 1.98. The number of benzene rings is 1. The zero-order valence-corrected chi connectivity index (χ0v) is 14.5. The van der Waals surface area contributed by atoms with E-state index in [2.05, 4.69) is 10.6 Å². The quantitative estimate of drug-likeness (QED) is 0.813. The van der Waals surface area contributed by atoms with Gasteiger partial charge in [-0.15, -0.1) is 0 Å². The first-order valence-electron chi connectivity index (χ1n) is 7.30. The molecule has 128 valence electrons. The first-order valence-corrected chi connectivity index (χ1v) is 8.06. The van der Waals surface area contributed by atoms with E-state index in [0.717, 1.165) is 0 Å². The average Bonchev–Trinajstić information content (AvgIpc) is 3.07. The Morgan fingerprint density at radius 3 is 2.46 bits per heavy atom. The molecule has 0 aliphatic rings. The van der Waals surface area contributed by atoms with Gasteiger partial charge < -0.3 is 20.0 Å². The van der Waals surface area contributed by atoms with Crippen molar-refractivity contribution in [2.75, 3.05) is 18.4 Å². The number of para-hydroxylation sites is 1. The van der Waals surface area contributed by atoms with Crippen LogP contribution in [0.2, 0.25) is 10.0 Å². The Hall–Kier alpha value is -2.18. The molecule has 1 aromatic heterocycles. The van der Waals surface area contributed by atoms with Crippen molar-refractivity contribution in [2.24, 2.45) is 0 Å². The zero-order valence-electron chi connectivity index (χ0n) is 13.0. The first-order chi connectivity index (χ1) is 11.5. The lowest BCUT2D eigenvalue weighted by molar-refractivity contribution is -0.116. The highest BCUT2D eigenvalue weighted by Crippen LogP contribution is 2.29. The summed E-state index contributed by atoms with van der Waals surface area (Å²) in [6.45, 7) is 2.28. The smallest absolute Gasteiger partial charge is 0.318 e. The van der Waals surface area contributed by atoms with Gasteiger partial charge in [0.15, 0.2) is 0 Å². The third-order valence-electron chi connectivity index (χ3n) is 3.22. The summed E-state index contributed by atoms with van der Waals surface area (Å²) in [4.78, 5) is 25.7. The van der Waals surface area contributed by atoms with Crippen LogP contribution in [0.1, 0.15) is 12.7 Å². The molecular formula is C16H17Cl2N3O3. The van der Waals surface area contributed by atoms with Crippen molar-refractivity contribution in [2.45, 2.75) is 13.5 Å². The molecule has 1 aromatic carbocycles. The second-order valence-corrected chi connectivity index (χ2v) is 5.71. The largest absolute Gasteiger partial charge is 0.467 e. The maximum Gasteiger partial charge on any atom is 0.318 e. The molecule has 0 spiro atoms. The third-order valence-corrected chi connectivity index (χ3v) is 3.85. The lowest BCUT2D eigenvalue weighted by Gasteiger charge is -2.21. The fraction of sp³-hybridized carbons (Fsp3) is 0.250. The second-order valence-electron chi connectivity index (χ2n) is 4.90. The zero-order chi connectivity index (χ0) is 17.5. The Bertz CT molecular complexity index is 684. The molecule has 0 unspecified atom stereocenters. The molecule has 24 heavy (non-hydrogen) atoms. The van der Waals surface area contributed by atoms with Gasteiger partial charge in [0.25, 0.3) is 0 Å². The van der Waals surface area contributed by atoms with Gasteiger partial charge in [0.2, 0.25) is 5.91 Å². The summed E-state index contributed by atoms with van der Waals surface area (Å²) in [7, 11) is 0. The van der Waals surface area contributed by atoms with E-state index in [1.165, 1.54) is 11.2 Å². The van der Waals surface area contributed by atoms with E-state index in [1.807, 2.05) is 0 Å². The minimum absolute atomic E-state index is 0.123. The summed E-state index contributed by atoms with van der Waals surface area (Å²) < 4.78 is 5.14. The Labute approximate surface area is 149 Å². The molecule has 2 rings (SSSR count). The number of anilines is 1. The molecule has 0 radical (unpaired) electrons. The van der Waals surface area contributed by atoms with Crippen molar-refractivity contribution < 1.29 is 14.0 Å². The number of hydrogen-bond donors (Lipinski definition) is 2. The number of amides is 3. The Kier molecular flexibility index (Phi) is 6.52. The van der Waals surface area contributed by atoms with Gasteiger partial charge in [-0.1, -0.05) is 29.3 Å².